The number of sulfonamides is 1. The molecular weight excluding hydrogens is 284 g/mol. The quantitative estimate of drug-likeness (QED) is 0.928. The smallest absolute Gasteiger partial charge is 0.243 e. The van der Waals surface area contributed by atoms with Crippen molar-refractivity contribution in [2.75, 3.05) is 19.6 Å². The molecule has 1 saturated heterocycles. The molecule has 118 valence electrons. The molecule has 1 fully saturated rings. The molecule has 1 aliphatic heterocycles. The highest BCUT2D eigenvalue weighted by molar-refractivity contribution is 7.89. The summed E-state index contributed by atoms with van der Waals surface area (Å²) in [6.45, 7) is 10.1. The van der Waals surface area contributed by atoms with Gasteiger partial charge in [0.15, 0.2) is 0 Å². The maximum absolute atomic E-state index is 12.8. The zero-order chi connectivity index (χ0) is 15.7. The molecular formula is C16H26N2O2S. The van der Waals surface area contributed by atoms with Crippen LogP contribution in [0.5, 0.6) is 0 Å². The van der Waals surface area contributed by atoms with Gasteiger partial charge in [0.05, 0.1) is 4.90 Å². The third-order valence-electron chi connectivity index (χ3n) is 3.88. The van der Waals surface area contributed by atoms with Crippen molar-refractivity contribution in [1.29, 1.82) is 0 Å². The van der Waals surface area contributed by atoms with Gasteiger partial charge in [-0.15, -0.1) is 0 Å². The molecule has 1 N–H and O–H groups in total. The molecule has 4 nitrogen and oxygen atoms in total. The first-order chi connectivity index (χ1) is 9.73. The molecule has 0 amide bonds. The fourth-order valence-corrected chi connectivity index (χ4v) is 4.59. The number of piperazine rings is 1. The summed E-state index contributed by atoms with van der Waals surface area (Å²) in [7, 11) is -3.42. The monoisotopic (exact) mass is 310 g/mol. The summed E-state index contributed by atoms with van der Waals surface area (Å²) in [5.74, 6) is 0.569. The Labute approximate surface area is 128 Å². The Hall–Kier alpha value is -0.910. The van der Waals surface area contributed by atoms with E-state index in [1.54, 1.807) is 16.4 Å². The first-order valence-electron chi connectivity index (χ1n) is 7.56. The van der Waals surface area contributed by atoms with Gasteiger partial charge in [-0.05, 0) is 43.9 Å². The molecule has 21 heavy (non-hydrogen) atoms. The lowest BCUT2D eigenvalue weighted by Gasteiger charge is -2.41. The van der Waals surface area contributed by atoms with Crippen molar-refractivity contribution in [1.82, 2.24) is 9.62 Å². The molecule has 1 aromatic carbocycles. The van der Waals surface area contributed by atoms with Crippen molar-refractivity contribution in [3.8, 4) is 0 Å². The fourth-order valence-electron chi connectivity index (χ4n) is 2.81. The van der Waals surface area contributed by atoms with Crippen molar-refractivity contribution >= 4 is 10.0 Å². The van der Waals surface area contributed by atoms with E-state index < -0.39 is 15.6 Å². The van der Waals surface area contributed by atoms with Crippen molar-refractivity contribution < 1.29 is 8.42 Å². The van der Waals surface area contributed by atoms with E-state index in [0.717, 1.165) is 6.42 Å². The second-order valence-electron chi connectivity index (χ2n) is 6.81. The number of nitrogens with one attached hydrogen (secondary N) is 1. The van der Waals surface area contributed by atoms with Gasteiger partial charge in [0.1, 0.15) is 0 Å². The molecule has 0 unspecified atom stereocenters. The number of nitrogens with zero attached hydrogens (tertiary/aromatic N) is 1. The lowest BCUT2D eigenvalue weighted by molar-refractivity contribution is 0.186. The summed E-state index contributed by atoms with van der Waals surface area (Å²) in [5, 5.41) is 3.25. The van der Waals surface area contributed by atoms with Crippen LogP contribution in [0, 0.1) is 5.92 Å². The average Bonchev–Trinajstić information content (AvgIpc) is 2.37. The Bertz CT molecular complexity index is 577. The normalized spacial score (nSPS) is 19.9. The van der Waals surface area contributed by atoms with Crippen LogP contribution in [0.3, 0.4) is 0 Å². The molecule has 2 rings (SSSR count). The summed E-state index contributed by atoms with van der Waals surface area (Å²) < 4.78 is 27.3. The van der Waals surface area contributed by atoms with Crippen molar-refractivity contribution in [2.45, 2.75) is 44.6 Å². The van der Waals surface area contributed by atoms with Gasteiger partial charge in [0.25, 0.3) is 0 Å². The van der Waals surface area contributed by atoms with E-state index in [1.807, 2.05) is 26.0 Å². The summed E-state index contributed by atoms with van der Waals surface area (Å²) in [6.07, 6.45) is 0.972. The first kappa shape index (κ1) is 16.5. The summed E-state index contributed by atoms with van der Waals surface area (Å²) in [6, 6.07) is 7.35. The van der Waals surface area contributed by atoms with E-state index in [9.17, 15) is 8.42 Å². The molecule has 1 heterocycles. The molecule has 0 radical (unpaired) electrons. The molecule has 0 saturated carbocycles. The summed E-state index contributed by atoms with van der Waals surface area (Å²) in [5.41, 5.74) is 0.789. The second kappa shape index (κ2) is 6.07. The van der Waals surface area contributed by atoms with E-state index in [0.29, 0.717) is 30.4 Å². The van der Waals surface area contributed by atoms with Crippen LogP contribution in [0.25, 0.3) is 0 Å². The minimum atomic E-state index is -3.42. The topological polar surface area (TPSA) is 49.4 Å². The van der Waals surface area contributed by atoms with Crippen LogP contribution in [0.4, 0.5) is 0 Å². The van der Waals surface area contributed by atoms with Gasteiger partial charge in [-0.2, -0.15) is 4.31 Å². The predicted molar refractivity (Wildman–Crippen MR) is 85.8 cm³/mol. The second-order valence-corrected chi connectivity index (χ2v) is 8.67. The predicted octanol–water partition coefficient (Wildman–Crippen LogP) is 2.26. The lowest BCUT2D eigenvalue weighted by atomic mass is 10.0. The van der Waals surface area contributed by atoms with Crippen LogP contribution < -0.4 is 5.32 Å². The van der Waals surface area contributed by atoms with Crippen LogP contribution in [0.15, 0.2) is 29.2 Å². The van der Waals surface area contributed by atoms with Crippen LogP contribution in [-0.4, -0.2) is 37.9 Å². The third kappa shape index (κ3) is 3.65. The minimum absolute atomic E-state index is 0.394. The number of rotatable bonds is 4. The van der Waals surface area contributed by atoms with Crippen LogP contribution >= 0.6 is 0 Å². The standard InChI is InChI=1S/C16H26N2O2S/c1-13(2)11-14-5-7-15(8-6-14)21(19,20)18-10-9-17-12-16(18,3)4/h5-8,13,17H,9-12H2,1-4H3. The zero-order valence-electron chi connectivity index (χ0n) is 13.4. The van der Waals surface area contributed by atoms with Crippen LogP contribution in [-0.2, 0) is 16.4 Å². The van der Waals surface area contributed by atoms with Gasteiger partial charge in [0.2, 0.25) is 10.0 Å². The van der Waals surface area contributed by atoms with Gasteiger partial charge in [-0.1, -0.05) is 26.0 Å². The molecule has 1 aliphatic rings. The maximum atomic E-state index is 12.8. The van der Waals surface area contributed by atoms with E-state index in [2.05, 4.69) is 19.2 Å². The zero-order valence-corrected chi connectivity index (χ0v) is 14.2. The van der Waals surface area contributed by atoms with Gasteiger partial charge < -0.3 is 5.32 Å². The van der Waals surface area contributed by atoms with E-state index >= 15 is 0 Å². The molecule has 0 aliphatic carbocycles. The van der Waals surface area contributed by atoms with Crippen LogP contribution in [0.2, 0.25) is 0 Å². The SMILES string of the molecule is CC(C)Cc1ccc(S(=O)(=O)N2CCNCC2(C)C)cc1. The van der Waals surface area contributed by atoms with Crippen molar-refractivity contribution in [3.05, 3.63) is 29.8 Å². The Morgan fingerprint density at radius 2 is 1.86 bits per heavy atom. The number of hydrogen-bond donors (Lipinski definition) is 1. The Balaban J connectivity index is 2.27. The molecule has 0 atom stereocenters. The molecule has 0 bridgehead atoms. The minimum Gasteiger partial charge on any atom is -0.314 e. The number of hydrogen-bond acceptors (Lipinski definition) is 3. The Morgan fingerprint density at radius 1 is 1.24 bits per heavy atom. The number of benzene rings is 1. The maximum Gasteiger partial charge on any atom is 0.243 e. The fraction of sp³-hybridized carbons (Fsp3) is 0.625. The summed E-state index contributed by atoms with van der Waals surface area (Å²) >= 11 is 0. The highest BCUT2D eigenvalue weighted by Crippen LogP contribution is 2.26. The van der Waals surface area contributed by atoms with Gasteiger partial charge in [-0.25, -0.2) is 8.42 Å². The molecule has 5 heteroatoms. The highest BCUT2D eigenvalue weighted by atomic mass is 32.2. The average molecular weight is 310 g/mol. The Morgan fingerprint density at radius 3 is 2.38 bits per heavy atom. The van der Waals surface area contributed by atoms with Crippen molar-refractivity contribution in [2.24, 2.45) is 5.92 Å². The Kier molecular flexibility index (Phi) is 4.76. The van der Waals surface area contributed by atoms with Gasteiger partial charge >= 0.3 is 0 Å². The molecule has 0 aromatic heterocycles. The van der Waals surface area contributed by atoms with E-state index in [-0.39, 0.29) is 0 Å². The first-order valence-corrected chi connectivity index (χ1v) is 9.00. The van der Waals surface area contributed by atoms with Gasteiger partial charge in [-0.3, -0.25) is 0 Å². The van der Waals surface area contributed by atoms with Gasteiger partial charge in [0, 0.05) is 25.2 Å². The van der Waals surface area contributed by atoms with E-state index in [1.165, 1.54) is 5.56 Å². The largest absolute Gasteiger partial charge is 0.314 e. The molecule has 1 aromatic rings. The highest BCUT2D eigenvalue weighted by Gasteiger charge is 2.38. The lowest BCUT2D eigenvalue weighted by Crippen LogP contribution is -2.59. The molecule has 0 spiro atoms. The van der Waals surface area contributed by atoms with E-state index in [4.69, 9.17) is 0 Å². The summed E-state index contributed by atoms with van der Waals surface area (Å²) in [4.78, 5) is 0.394. The van der Waals surface area contributed by atoms with Crippen molar-refractivity contribution in [3.63, 3.8) is 0 Å². The van der Waals surface area contributed by atoms with Crippen LogP contribution in [0.1, 0.15) is 33.3 Å². The third-order valence-corrected chi connectivity index (χ3v) is 6.00.